The molecule has 5 heteroatoms. The Morgan fingerprint density at radius 1 is 1.30 bits per heavy atom. The van der Waals surface area contributed by atoms with E-state index in [9.17, 15) is 4.79 Å². The molecule has 1 saturated heterocycles. The summed E-state index contributed by atoms with van der Waals surface area (Å²) in [6.07, 6.45) is 7.87. The summed E-state index contributed by atoms with van der Waals surface area (Å²) in [6, 6.07) is 0. The zero-order valence-corrected chi connectivity index (χ0v) is 12.5. The van der Waals surface area contributed by atoms with E-state index in [4.69, 9.17) is 10.9 Å². The number of hydrogen-bond acceptors (Lipinski definition) is 3. The van der Waals surface area contributed by atoms with Crippen molar-refractivity contribution < 1.29 is 10.0 Å². The number of likely N-dealkylation sites (tertiary alicyclic amines) is 1. The maximum Gasteiger partial charge on any atom is 0.236 e. The Hall–Kier alpha value is -1.26. The molecule has 1 saturated carbocycles. The van der Waals surface area contributed by atoms with Gasteiger partial charge in [0.2, 0.25) is 5.91 Å². The van der Waals surface area contributed by atoms with Gasteiger partial charge in [0.25, 0.3) is 0 Å². The quantitative estimate of drug-likeness (QED) is 0.361. The highest BCUT2D eigenvalue weighted by Crippen LogP contribution is 2.39. The molecule has 0 aromatic rings. The Bertz CT molecular complexity index is 367. The first-order valence-corrected chi connectivity index (χ1v) is 7.91. The average molecular weight is 281 g/mol. The third-order valence-corrected chi connectivity index (χ3v) is 5.19. The molecule has 3 N–H and O–H groups in total. The topological polar surface area (TPSA) is 78.9 Å². The molecule has 0 unspecified atom stereocenters. The lowest BCUT2D eigenvalue weighted by Gasteiger charge is -2.41. The van der Waals surface area contributed by atoms with E-state index in [-0.39, 0.29) is 11.7 Å². The Kier molecular flexibility index (Phi) is 4.89. The lowest BCUT2D eigenvalue weighted by atomic mass is 9.71. The van der Waals surface area contributed by atoms with E-state index in [1.54, 1.807) is 0 Å². The molecular formula is C15H27N3O2. The molecular weight excluding hydrogens is 254 g/mol. The maximum atomic E-state index is 12.9. The van der Waals surface area contributed by atoms with E-state index in [2.05, 4.69) is 12.1 Å². The van der Waals surface area contributed by atoms with Crippen LogP contribution < -0.4 is 5.73 Å². The fraction of sp³-hybridized carbons (Fsp3) is 0.867. The van der Waals surface area contributed by atoms with Gasteiger partial charge in [0.15, 0.2) is 5.84 Å². The minimum atomic E-state index is -0.744. The lowest BCUT2D eigenvalue weighted by molar-refractivity contribution is -0.141. The molecule has 0 aromatic heterocycles. The monoisotopic (exact) mass is 281 g/mol. The predicted octanol–water partition coefficient (Wildman–Crippen LogP) is 2.33. The Labute approximate surface area is 121 Å². The van der Waals surface area contributed by atoms with E-state index >= 15 is 0 Å². The minimum absolute atomic E-state index is 0.0852. The number of piperidine rings is 1. The molecule has 0 radical (unpaired) electrons. The van der Waals surface area contributed by atoms with E-state index in [1.165, 1.54) is 6.42 Å². The normalized spacial score (nSPS) is 24.6. The molecule has 5 nitrogen and oxygen atoms in total. The third kappa shape index (κ3) is 2.76. The number of carbonyl (C=O) groups excluding carboxylic acids is 1. The first kappa shape index (κ1) is 15.1. The van der Waals surface area contributed by atoms with Gasteiger partial charge in [0.1, 0.15) is 5.41 Å². The zero-order valence-electron chi connectivity index (χ0n) is 12.5. The average Bonchev–Trinajstić information content (AvgIpc) is 2.54. The van der Waals surface area contributed by atoms with Crippen molar-refractivity contribution in [1.29, 1.82) is 0 Å². The predicted molar refractivity (Wildman–Crippen MR) is 78.5 cm³/mol. The van der Waals surface area contributed by atoms with Gasteiger partial charge in [-0.25, -0.2) is 0 Å². The Balaban J connectivity index is 2.11. The Morgan fingerprint density at radius 2 is 1.90 bits per heavy atom. The van der Waals surface area contributed by atoms with Gasteiger partial charge >= 0.3 is 0 Å². The van der Waals surface area contributed by atoms with Crippen LogP contribution in [0.25, 0.3) is 0 Å². The molecule has 2 aliphatic rings. The lowest BCUT2D eigenvalue weighted by Crippen LogP contribution is -2.54. The second-order valence-corrected chi connectivity index (χ2v) is 6.27. The van der Waals surface area contributed by atoms with Gasteiger partial charge in [0.05, 0.1) is 0 Å². The highest BCUT2D eigenvalue weighted by Gasteiger charge is 2.46. The van der Waals surface area contributed by atoms with Crippen LogP contribution in [0.4, 0.5) is 0 Å². The fourth-order valence-electron chi connectivity index (χ4n) is 3.68. The maximum absolute atomic E-state index is 12.9. The third-order valence-electron chi connectivity index (χ3n) is 5.19. The summed E-state index contributed by atoms with van der Waals surface area (Å²) in [5.74, 6) is 0.937. The van der Waals surface area contributed by atoms with Gasteiger partial charge in [-0.15, -0.1) is 0 Å². The van der Waals surface area contributed by atoms with E-state index < -0.39 is 5.41 Å². The number of hydrogen-bond donors (Lipinski definition) is 2. The fourth-order valence-corrected chi connectivity index (χ4v) is 3.68. The first-order valence-electron chi connectivity index (χ1n) is 7.91. The summed E-state index contributed by atoms with van der Waals surface area (Å²) in [4.78, 5) is 14.9. The van der Waals surface area contributed by atoms with Crippen LogP contribution in [0.1, 0.15) is 58.3 Å². The summed E-state index contributed by atoms with van der Waals surface area (Å²) in [6.45, 7) is 3.84. The van der Waals surface area contributed by atoms with Crippen LogP contribution in [0.15, 0.2) is 5.16 Å². The number of nitrogens with zero attached hydrogens (tertiary/aromatic N) is 2. The van der Waals surface area contributed by atoms with Gasteiger partial charge in [-0.3, -0.25) is 4.79 Å². The molecule has 114 valence electrons. The molecule has 20 heavy (non-hydrogen) atoms. The molecule has 0 bridgehead atoms. The van der Waals surface area contributed by atoms with Crippen molar-refractivity contribution in [3.63, 3.8) is 0 Å². The van der Waals surface area contributed by atoms with Gasteiger partial charge < -0.3 is 15.8 Å². The summed E-state index contributed by atoms with van der Waals surface area (Å²) in [7, 11) is 0. The number of amidine groups is 1. The van der Waals surface area contributed by atoms with Crippen molar-refractivity contribution in [1.82, 2.24) is 4.90 Å². The van der Waals surface area contributed by atoms with E-state index in [0.717, 1.165) is 64.0 Å². The highest BCUT2D eigenvalue weighted by molar-refractivity contribution is 6.06. The van der Waals surface area contributed by atoms with Crippen LogP contribution in [-0.2, 0) is 4.79 Å². The molecule has 1 aliphatic carbocycles. The number of rotatable bonds is 3. The van der Waals surface area contributed by atoms with Crippen LogP contribution in [-0.4, -0.2) is 34.9 Å². The van der Waals surface area contributed by atoms with Crippen molar-refractivity contribution in [2.75, 3.05) is 13.1 Å². The molecule has 2 rings (SSSR count). The number of amides is 1. The van der Waals surface area contributed by atoms with Crippen molar-refractivity contribution in [2.24, 2.45) is 22.2 Å². The molecule has 2 fully saturated rings. The number of oxime groups is 1. The van der Waals surface area contributed by atoms with Gasteiger partial charge in [0, 0.05) is 13.1 Å². The Morgan fingerprint density at radius 3 is 2.40 bits per heavy atom. The zero-order chi connectivity index (χ0) is 14.6. The summed E-state index contributed by atoms with van der Waals surface area (Å²) >= 11 is 0. The van der Waals surface area contributed by atoms with Gasteiger partial charge in [-0.1, -0.05) is 37.8 Å². The van der Waals surface area contributed by atoms with Crippen LogP contribution in [0.5, 0.6) is 0 Å². The molecule has 0 atom stereocenters. The summed E-state index contributed by atoms with van der Waals surface area (Å²) in [5, 5.41) is 12.3. The van der Waals surface area contributed by atoms with Crippen molar-refractivity contribution in [2.45, 2.75) is 58.3 Å². The standard InChI is InChI=1S/C15H27N3O2/c1-2-12-6-10-18(11-7-12)14(19)15(13(16)17-20)8-4-3-5-9-15/h12,20H,2-11H2,1H3,(H2,16,17). The van der Waals surface area contributed by atoms with Gasteiger partial charge in [-0.2, -0.15) is 0 Å². The molecule has 0 aromatic carbocycles. The number of nitrogens with two attached hydrogens (primary N) is 1. The summed E-state index contributed by atoms with van der Waals surface area (Å²) in [5.41, 5.74) is 5.15. The van der Waals surface area contributed by atoms with Crippen molar-refractivity contribution in [3.05, 3.63) is 0 Å². The first-order chi connectivity index (χ1) is 9.64. The molecule has 1 amide bonds. The van der Waals surface area contributed by atoms with E-state index in [0.29, 0.717) is 0 Å². The minimum Gasteiger partial charge on any atom is -0.409 e. The highest BCUT2D eigenvalue weighted by atomic mass is 16.4. The van der Waals surface area contributed by atoms with Crippen LogP contribution in [0, 0.1) is 11.3 Å². The largest absolute Gasteiger partial charge is 0.409 e. The second kappa shape index (κ2) is 6.46. The summed E-state index contributed by atoms with van der Waals surface area (Å²) < 4.78 is 0. The van der Waals surface area contributed by atoms with Crippen LogP contribution in [0.2, 0.25) is 0 Å². The molecule has 0 spiro atoms. The van der Waals surface area contributed by atoms with Crippen LogP contribution in [0.3, 0.4) is 0 Å². The SMILES string of the molecule is CCC1CCN(C(=O)C2(C(N)=NO)CCCCC2)CC1. The second-order valence-electron chi connectivity index (χ2n) is 6.27. The van der Waals surface area contributed by atoms with Gasteiger partial charge in [-0.05, 0) is 31.6 Å². The van der Waals surface area contributed by atoms with Crippen LogP contribution >= 0.6 is 0 Å². The van der Waals surface area contributed by atoms with E-state index in [1.807, 2.05) is 4.90 Å². The number of carbonyl (C=O) groups is 1. The molecule has 1 heterocycles. The molecule has 1 aliphatic heterocycles. The van der Waals surface area contributed by atoms with Crippen molar-refractivity contribution >= 4 is 11.7 Å². The smallest absolute Gasteiger partial charge is 0.236 e. The van der Waals surface area contributed by atoms with Crippen molar-refractivity contribution in [3.8, 4) is 0 Å².